The molecule has 0 unspecified atom stereocenters. The van der Waals surface area contributed by atoms with Crippen molar-refractivity contribution in [2.75, 3.05) is 0 Å². The maximum atomic E-state index is 10.5. The highest BCUT2D eigenvalue weighted by Crippen LogP contribution is 2.25. The van der Waals surface area contributed by atoms with Gasteiger partial charge < -0.3 is 5.11 Å². The van der Waals surface area contributed by atoms with E-state index in [0.717, 1.165) is 6.42 Å². The van der Waals surface area contributed by atoms with Crippen LogP contribution in [0.4, 0.5) is 0 Å². The first-order valence-corrected chi connectivity index (χ1v) is 6.12. The van der Waals surface area contributed by atoms with Gasteiger partial charge in [0.25, 0.3) is 0 Å². The number of hydrogen-bond donors (Lipinski definition) is 1. The Morgan fingerprint density at radius 1 is 1.24 bits per heavy atom. The highest BCUT2D eigenvalue weighted by Gasteiger charge is 2.14. The summed E-state index contributed by atoms with van der Waals surface area (Å²) in [6.07, 6.45) is 1.80. The van der Waals surface area contributed by atoms with Crippen molar-refractivity contribution < 1.29 is 9.90 Å². The van der Waals surface area contributed by atoms with Crippen molar-refractivity contribution in [1.82, 2.24) is 0 Å². The van der Waals surface area contributed by atoms with Crippen LogP contribution in [0.5, 0.6) is 0 Å². The third-order valence-corrected chi connectivity index (χ3v) is 2.86. The largest absolute Gasteiger partial charge is 0.481 e. The van der Waals surface area contributed by atoms with E-state index in [1.54, 1.807) is 0 Å². The van der Waals surface area contributed by atoms with E-state index in [2.05, 4.69) is 45.9 Å². The number of carboxylic acids is 1. The number of carbonyl (C=O) groups is 1. The third-order valence-electron chi connectivity index (χ3n) is 2.86. The molecule has 0 amide bonds. The SMILES string of the molecule is Cc1cc(CCCC(=O)O)cc(C(C)(C)C)c1. The Bertz CT molecular complexity index is 400. The molecule has 1 aromatic carbocycles. The molecule has 0 saturated heterocycles. The van der Waals surface area contributed by atoms with Crippen LogP contribution in [0.15, 0.2) is 18.2 Å². The Labute approximate surface area is 104 Å². The lowest BCUT2D eigenvalue weighted by atomic mass is 9.84. The van der Waals surface area contributed by atoms with Gasteiger partial charge in [0.05, 0.1) is 0 Å². The summed E-state index contributed by atoms with van der Waals surface area (Å²) in [4.78, 5) is 10.5. The maximum absolute atomic E-state index is 10.5. The Hall–Kier alpha value is -1.31. The second-order valence-corrected chi connectivity index (χ2v) is 5.70. The Kier molecular flexibility index (Phi) is 4.33. The van der Waals surface area contributed by atoms with Crippen molar-refractivity contribution in [3.63, 3.8) is 0 Å². The minimum Gasteiger partial charge on any atom is -0.481 e. The number of rotatable bonds is 4. The first-order chi connectivity index (χ1) is 7.79. The molecule has 0 aliphatic rings. The molecule has 1 aromatic rings. The van der Waals surface area contributed by atoms with Crippen LogP contribution < -0.4 is 0 Å². The number of aryl methyl sites for hydroxylation is 2. The van der Waals surface area contributed by atoms with Gasteiger partial charge in [-0.25, -0.2) is 0 Å². The summed E-state index contributed by atoms with van der Waals surface area (Å²) in [5, 5.41) is 8.63. The lowest BCUT2D eigenvalue weighted by molar-refractivity contribution is -0.137. The smallest absolute Gasteiger partial charge is 0.303 e. The van der Waals surface area contributed by atoms with Gasteiger partial charge in [-0.1, -0.05) is 44.5 Å². The molecular weight excluding hydrogens is 212 g/mol. The Morgan fingerprint density at radius 2 is 1.88 bits per heavy atom. The van der Waals surface area contributed by atoms with E-state index in [-0.39, 0.29) is 11.8 Å². The van der Waals surface area contributed by atoms with Crippen LogP contribution in [0, 0.1) is 6.92 Å². The predicted molar refractivity (Wildman–Crippen MR) is 70.5 cm³/mol. The van der Waals surface area contributed by atoms with Crippen LogP contribution in [-0.4, -0.2) is 11.1 Å². The number of aliphatic carboxylic acids is 1. The first-order valence-electron chi connectivity index (χ1n) is 6.12. The first kappa shape index (κ1) is 13.8. The average molecular weight is 234 g/mol. The molecule has 0 spiro atoms. The minimum atomic E-state index is -0.714. The van der Waals surface area contributed by atoms with Gasteiger partial charge in [-0.05, 0) is 36.3 Å². The van der Waals surface area contributed by atoms with E-state index in [9.17, 15) is 4.79 Å². The zero-order valence-corrected chi connectivity index (χ0v) is 11.2. The molecule has 0 aromatic heterocycles. The van der Waals surface area contributed by atoms with Crippen molar-refractivity contribution in [3.05, 3.63) is 34.9 Å². The van der Waals surface area contributed by atoms with Gasteiger partial charge in [0.15, 0.2) is 0 Å². The van der Waals surface area contributed by atoms with Gasteiger partial charge in [0.1, 0.15) is 0 Å². The fraction of sp³-hybridized carbons (Fsp3) is 0.533. The fourth-order valence-corrected chi connectivity index (χ4v) is 1.88. The third kappa shape index (κ3) is 4.59. The molecule has 0 saturated carbocycles. The van der Waals surface area contributed by atoms with Gasteiger partial charge in [-0.3, -0.25) is 4.79 Å². The van der Waals surface area contributed by atoms with E-state index >= 15 is 0 Å². The lowest BCUT2D eigenvalue weighted by Crippen LogP contribution is -2.12. The highest BCUT2D eigenvalue weighted by atomic mass is 16.4. The minimum absolute atomic E-state index is 0.146. The van der Waals surface area contributed by atoms with Crippen LogP contribution in [0.2, 0.25) is 0 Å². The molecule has 0 heterocycles. The van der Waals surface area contributed by atoms with Crippen molar-refractivity contribution in [3.8, 4) is 0 Å². The topological polar surface area (TPSA) is 37.3 Å². The van der Waals surface area contributed by atoms with Gasteiger partial charge in [-0.2, -0.15) is 0 Å². The van der Waals surface area contributed by atoms with E-state index < -0.39 is 5.97 Å². The average Bonchev–Trinajstić information content (AvgIpc) is 2.14. The van der Waals surface area contributed by atoms with Crippen LogP contribution in [0.1, 0.15) is 50.3 Å². The number of carboxylic acid groups (broad SMARTS) is 1. The summed E-state index contributed by atoms with van der Waals surface area (Å²) < 4.78 is 0. The Morgan fingerprint density at radius 3 is 2.41 bits per heavy atom. The van der Waals surface area contributed by atoms with Crippen molar-refractivity contribution >= 4 is 5.97 Å². The summed E-state index contributed by atoms with van der Waals surface area (Å²) in [5.41, 5.74) is 3.97. The Balaban J connectivity index is 2.79. The molecule has 17 heavy (non-hydrogen) atoms. The van der Waals surface area contributed by atoms with E-state index in [0.29, 0.717) is 6.42 Å². The molecule has 0 fully saturated rings. The number of benzene rings is 1. The fourth-order valence-electron chi connectivity index (χ4n) is 1.88. The van der Waals surface area contributed by atoms with Gasteiger partial charge >= 0.3 is 5.97 Å². The molecule has 0 bridgehead atoms. The van der Waals surface area contributed by atoms with Crippen molar-refractivity contribution in [2.24, 2.45) is 0 Å². The van der Waals surface area contributed by atoms with Crippen LogP contribution in [0.25, 0.3) is 0 Å². The summed E-state index contributed by atoms with van der Waals surface area (Å²) in [6, 6.07) is 6.56. The van der Waals surface area contributed by atoms with Gasteiger partial charge in [-0.15, -0.1) is 0 Å². The predicted octanol–water partition coefficient (Wildman–Crippen LogP) is 3.70. The molecular formula is C15H22O2. The molecule has 0 radical (unpaired) electrons. The summed E-state index contributed by atoms with van der Waals surface area (Å²) in [7, 11) is 0. The van der Waals surface area contributed by atoms with E-state index in [1.165, 1.54) is 16.7 Å². The summed E-state index contributed by atoms with van der Waals surface area (Å²) in [6.45, 7) is 8.68. The van der Waals surface area contributed by atoms with Crippen molar-refractivity contribution in [2.45, 2.75) is 52.4 Å². The highest BCUT2D eigenvalue weighted by molar-refractivity contribution is 5.66. The zero-order valence-electron chi connectivity index (χ0n) is 11.2. The number of hydrogen-bond acceptors (Lipinski definition) is 1. The molecule has 1 N–H and O–H groups in total. The van der Waals surface area contributed by atoms with Crippen LogP contribution >= 0.6 is 0 Å². The lowest BCUT2D eigenvalue weighted by Gasteiger charge is -2.20. The molecule has 0 aliphatic heterocycles. The summed E-state index contributed by atoms with van der Waals surface area (Å²) >= 11 is 0. The zero-order chi connectivity index (χ0) is 13.1. The summed E-state index contributed by atoms with van der Waals surface area (Å²) in [5.74, 6) is -0.714. The van der Waals surface area contributed by atoms with Gasteiger partial charge in [0, 0.05) is 6.42 Å². The molecule has 1 rings (SSSR count). The van der Waals surface area contributed by atoms with Gasteiger partial charge in [0.2, 0.25) is 0 Å². The molecule has 0 aliphatic carbocycles. The van der Waals surface area contributed by atoms with E-state index in [4.69, 9.17) is 5.11 Å². The van der Waals surface area contributed by atoms with Crippen molar-refractivity contribution in [1.29, 1.82) is 0 Å². The maximum Gasteiger partial charge on any atom is 0.303 e. The second-order valence-electron chi connectivity index (χ2n) is 5.70. The molecule has 94 valence electrons. The standard InChI is InChI=1S/C15H22O2/c1-11-8-12(6-5-7-14(16)17)10-13(9-11)15(2,3)4/h8-10H,5-7H2,1-4H3,(H,16,17). The quantitative estimate of drug-likeness (QED) is 0.862. The van der Waals surface area contributed by atoms with Crippen LogP contribution in [-0.2, 0) is 16.6 Å². The van der Waals surface area contributed by atoms with E-state index in [1.807, 2.05) is 0 Å². The normalized spacial score (nSPS) is 11.5. The molecule has 2 nitrogen and oxygen atoms in total. The molecule has 2 heteroatoms. The second kappa shape index (κ2) is 5.35. The monoisotopic (exact) mass is 234 g/mol. The molecule has 0 atom stereocenters. The van der Waals surface area contributed by atoms with Crippen LogP contribution in [0.3, 0.4) is 0 Å².